The third-order valence-corrected chi connectivity index (χ3v) is 4.65. The molecule has 0 saturated carbocycles. The summed E-state index contributed by atoms with van der Waals surface area (Å²) >= 11 is 0. The molecule has 0 aliphatic heterocycles. The second-order valence-corrected chi connectivity index (χ2v) is 6.46. The van der Waals surface area contributed by atoms with Crippen molar-refractivity contribution in [3.8, 4) is 17.0 Å². The van der Waals surface area contributed by atoms with Crippen LogP contribution in [0.25, 0.3) is 28.2 Å². The fourth-order valence-electron chi connectivity index (χ4n) is 3.01. The van der Waals surface area contributed by atoms with Gasteiger partial charge in [0.15, 0.2) is 11.2 Å². The lowest BCUT2D eigenvalue weighted by Gasteiger charge is -2.10. The number of phenols is 1. The van der Waals surface area contributed by atoms with Gasteiger partial charge in [-0.1, -0.05) is 0 Å². The molecule has 3 heterocycles. The average Bonchev–Trinajstić information content (AvgIpc) is 3.28. The van der Waals surface area contributed by atoms with Gasteiger partial charge in [0.05, 0.1) is 12.0 Å². The first-order valence-electron chi connectivity index (χ1n) is 8.58. The molecule has 0 fully saturated rings. The lowest BCUT2D eigenvalue weighted by molar-refractivity contribution is 0.140. The topological polar surface area (TPSA) is 129 Å². The zero-order chi connectivity index (χ0) is 19.0. The SMILES string of the molecule is O=c1c2ncn(CCC(CO)CO)c2nc2[nH]c(-c3ccc(O)cc3)cn12. The van der Waals surface area contributed by atoms with Crippen LogP contribution in [0.15, 0.2) is 41.6 Å². The summed E-state index contributed by atoms with van der Waals surface area (Å²) < 4.78 is 3.15. The van der Waals surface area contributed by atoms with Gasteiger partial charge in [-0.15, -0.1) is 0 Å². The van der Waals surface area contributed by atoms with E-state index < -0.39 is 0 Å². The molecule has 0 saturated heterocycles. The first-order chi connectivity index (χ1) is 13.1. The van der Waals surface area contributed by atoms with E-state index in [1.54, 1.807) is 41.4 Å². The maximum Gasteiger partial charge on any atom is 0.287 e. The Hall–Kier alpha value is -3.17. The number of hydrogen-bond acceptors (Lipinski definition) is 6. The maximum absolute atomic E-state index is 12.8. The van der Waals surface area contributed by atoms with Gasteiger partial charge < -0.3 is 24.9 Å². The molecular formula is C18H19N5O4. The van der Waals surface area contributed by atoms with Crippen molar-refractivity contribution in [2.24, 2.45) is 5.92 Å². The standard InChI is InChI=1S/C18H19N5O4/c24-8-11(9-25)5-6-22-10-19-15-16(22)21-18-20-14(7-23(18)17(15)27)12-1-3-13(26)4-2-12/h1-4,7,10-11,24-26H,5-6,8-9H2,(H,20,21). The highest BCUT2D eigenvalue weighted by Crippen LogP contribution is 2.21. The molecule has 27 heavy (non-hydrogen) atoms. The summed E-state index contributed by atoms with van der Waals surface area (Å²) in [5, 5.41) is 27.8. The van der Waals surface area contributed by atoms with E-state index in [0.29, 0.717) is 30.1 Å². The molecule has 4 aromatic rings. The van der Waals surface area contributed by atoms with Crippen LogP contribution >= 0.6 is 0 Å². The molecule has 140 valence electrons. The van der Waals surface area contributed by atoms with Crippen molar-refractivity contribution < 1.29 is 15.3 Å². The van der Waals surface area contributed by atoms with Crippen molar-refractivity contribution in [1.82, 2.24) is 23.9 Å². The summed E-state index contributed by atoms with van der Waals surface area (Å²) in [4.78, 5) is 24.6. The van der Waals surface area contributed by atoms with Crippen LogP contribution in [0.2, 0.25) is 0 Å². The summed E-state index contributed by atoms with van der Waals surface area (Å²) in [5.41, 5.74) is 1.93. The first-order valence-corrected chi connectivity index (χ1v) is 8.58. The number of aliphatic hydroxyl groups excluding tert-OH is 2. The van der Waals surface area contributed by atoms with Gasteiger partial charge >= 0.3 is 0 Å². The van der Waals surface area contributed by atoms with Crippen molar-refractivity contribution in [2.45, 2.75) is 13.0 Å². The summed E-state index contributed by atoms with van der Waals surface area (Å²) in [5.74, 6) is 0.329. The molecular weight excluding hydrogens is 350 g/mol. The quantitative estimate of drug-likeness (QED) is 0.397. The molecule has 1 aromatic carbocycles. The number of fused-ring (bicyclic) bond motifs is 2. The first kappa shape index (κ1) is 17.3. The van der Waals surface area contributed by atoms with Gasteiger partial charge in [-0.25, -0.2) is 9.38 Å². The lowest BCUT2D eigenvalue weighted by Crippen LogP contribution is -2.16. The fourth-order valence-corrected chi connectivity index (χ4v) is 3.01. The van der Waals surface area contributed by atoms with Crippen molar-refractivity contribution in [2.75, 3.05) is 13.2 Å². The predicted molar refractivity (Wildman–Crippen MR) is 98.5 cm³/mol. The van der Waals surface area contributed by atoms with Crippen LogP contribution in [-0.4, -0.2) is 52.5 Å². The molecule has 3 aromatic heterocycles. The Morgan fingerprint density at radius 2 is 1.89 bits per heavy atom. The number of hydrogen-bond donors (Lipinski definition) is 4. The van der Waals surface area contributed by atoms with Gasteiger partial charge in [-0.05, 0) is 36.2 Å². The number of rotatable bonds is 6. The van der Waals surface area contributed by atoms with E-state index in [4.69, 9.17) is 0 Å². The number of H-pyrrole nitrogens is 1. The van der Waals surface area contributed by atoms with Gasteiger partial charge in [0.25, 0.3) is 5.56 Å². The summed E-state index contributed by atoms with van der Waals surface area (Å²) in [6.45, 7) is 0.280. The number of aliphatic hydroxyl groups is 2. The number of nitrogens with zero attached hydrogens (tertiary/aromatic N) is 4. The number of aromatic hydroxyl groups is 1. The van der Waals surface area contributed by atoms with Crippen LogP contribution in [-0.2, 0) is 6.54 Å². The maximum atomic E-state index is 12.8. The highest BCUT2D eigenvalue weighted by Gasteiger charge is 2.15. The van der Waals surface area contributed by atoms with Crippen LogP contribution in [0.4, 0.5) is 0 Å². The molecule has 0 aliphatic carbocycles. The number of aryl methyl sites for hydroxylation is 1. The van der Waals surface area contributed by atoms with Crippen LogP contribution in [0.3, 0.4) is 0 Å². The van der Waals surface area contributed by atoms with Crippen molar-refractivity contribution >= 4 is 16.9 Å². The normalized spacial score (nSPS) is 11.8. The minimum absolute atomic E-state index is 0.101. The van der Waals surface area contributed by atoms with Crippen LogP contribution in [0, 0.1) is 5.92 Å². The molecule has 9 heteroatoms. The van der Waals surface area contributed by atoms with Crippen LogP contribution < -0.4 is 5.56 Å². The smallest absolute Gasteiger partial charge is 0.287 e. The molecule has 4 N–H and O–H groups in total. The van der Waals surface area contributed by atoms with Crippen LogP contribution in [0.1, 0.15) is 6.42 Å². The van der Waals surface area contributed by atoms with Crippen molar-refractivity contribution in [3.05, 3.63) is 47.1 Å². The van der Waals surface area contributed by atoms with E-state index in [1.807, 2.05) is 0 Å². The van der Waals surface area contributed by atoms with E-state index in [0.717, 1.165) is 5.56 Å². The van der Waals surface area contributed by atoms with Crippen molar-refractivity contribution in [3.63, 3.8) is 0 Å². The summed E-state index contributed by atoms with van der Waals surface area (Å²) in [6, 6.07) is 6.63. The number of benzene rings is 1. The van der Waals surface area contributed by atoms with Gasteiger partial charge in [0.2, 0.25) is 5.78 Å². The highest BCUT2D eigenvalue weighted by atomic mass is 16.3. The molecule has 0 bridgehead atoms. The Morgan fingerprint density at radius 1 is 1.15 bits per heavy atom. The molecule has 9 nitrogen and oxygen atoms in total. The molecule has 0 radical (unpaired) electrons. The molecule has 0 amide bonds. The number of phenolic OH excluding ortho intramolecular Hbond substituents is 1. The van der Waals surface area contributed by atoms with E-state index in [1.165, 1.54) is 4.40 Å². The Morgan fingerprint density at radius 3 is 2.59 bits per heavy atom. The molecule has 0 atom stereocenters. The summed E-state index contributed by atoms with van der Waals surface area (Å²) in [7, 11) is 0. The third kappa shape index (κ3) is 3.07. The molecule has 0 aliphatic rings. The Labute approximate surface area is 153 Å². The highest BCUT2D eigenvalue weighted by molar-refractivity contribution is 5.73. The lowest BCUT2D eigenvalue weighted by atomic mass is 10.1. The zero-order valence-electron chi connectivity index (χ0n) is 14.4. The predicted octanol–water partition coefficient (Wildman–Crippen LogP) is 0.736. The number of aromatic amines is 1. The van der Waals surface area contributed by atoms with Crippen LogP contribution in [0.5, 0.6) is 5.75 Å². The molecule has 4 rings (SSSR count). The zero-order valence-corrected chi connectivity index (χ0v) is 14.4. The van der Waals surface area contributed by atoms with E-state index in [-0.39, 0.29) is 36.0 Å². The second-order valence-electron chi connectivity index (χ2n) is 6.46. The van der Waals surface area contributed by atoms with Gasteiger partial charge in [-0.2, -0.15) is 4.98 Å². The Bertz CT molecular complexity index is 1140. The van der Waals surface area contributed by atoms with E-state index >= 15 is 0 Å². The third-order valence-electron chi connectivity index (χ3n) is 4.65. The van der Waals surface area contributed by atoms with Gasteiger partial charge in [-0.3, -0.25) is 4.79 Å². The fraction of sp³-hybridized carbons (Fsp3) is 0.278. The number of imidazole rings is 2. The molecule has 0 unspecified atom stereocenters. The Kier molecular flexibility index (Phi) is 4.38. The van der Waals surface area contributed by atoms with Gasteiger partial charge in [0.1, 0.15) is 5.75 Å². The Balaban J connectivity index is 1.76. The average molecular weight is 369 g/mol. The molecule has 0 spiro atoms. The largest absolute Gasteiger partial charge is 0.508 e. The van der Waals surface area contributed by atoms with Crippen molar-refractivity contribution in [1.29, 1.82) is 0 Å². The summed E-state index contributed by atoms with van der Waals surface area (Å²) in [6.07, 6.45) is 3.75. The van der Waals surface area contributed by atoms with Gasteiger partial charge in [0, 0.05) is 31.9 Å². The van der Waals surface area contributed by atoms with E-state index in [2.05, 4.69) is 15.0 Å². The number of nitrogens with one attached hydrogen (secondary N) is 1. The number of aromatic nitrogens is 5. The van der Waals surface area contributed by atoms with E-state index in [9.17, 15) is 20.1 Å². The second kappa shape index (κ2) is 6.86. The monoisotopic (exact) mass is 369 g/mol. The minimum atomic E-state index is -0.282. The minimum Gasteiger partial charge on any atom is -0.508 e.